The Labute approximate surface area is 162 Å². The number of likely N-dealkylation sites (tertiary alicyclic amines) is 1. The Morgan fingerprint density at radius 1 is 1.19 bits per heavy atom. The van der Waals surface area contributed by atoms with E-state index in [4.69, 9.17) is 9.47 Å². The van der Waals surface area contributed by atoms with Crippen LogP contribution in [0.1, 0.15) is 46.5 Å². The number of ether oxygens (including phenoxy) is 2. The first-order valence-corrected chi connectivity index (χ1v) is 9.76. The molecule has 6 heteroatoms. The van der Waals surface area contributed by atoms with E-state index in [1.165, 1.54) is 0 Å². The Morgan fingerprint density at radius 3 is 2.48 bits per heavy atom. The van der Waals surface area contributed by atoms with Crippen molar-refractivity contribution in [2.75, 3.05) is 26.8 Å². The molecule has 150 valence electrons. The Kier molecular flexibility index (Phi) is 7.51. The molecule has 1 aliphatic heterocycles. The molecule has 1 fully saturated rings. The van der Waals surface area contributed by atoms with Crippen molar-refractivity contribution >= 4 is 11.8 Å². The van der Waals surface area contributed by atoms with Crippen molar-refractivity contribution in [3.8, 4) is 11.5 Å². The average Bonchev–Trinajstić information content (AvgIpc) is 2.70. The molecule has 1 saturated heterocycles. The summed E-state index contributed by atoms with van der Waals surface area (Å²) < 4.78 is 10.7. The van der Waals surface area contributed by atoms with Crippen LogP contribution in [0.3, 0.4) is 0 Å². The number of amides is 2. The molecule has 1 heterocycles. The second-order valence-electron chi connectivity index (χ2n) is 7.46. The quantitative estimate of drug-likeness (QED) is 0.559. The standard InChI is InChI=1S/C21H32N2O4/c1-5-16-8-6-7-14-23(16)20(25)21(2,3)19(24)22-13-15-27-18-11-9-17(26-4)10-12-18/h9-12,16H,5-8,13-15H2,1-4H3,(H,22,24). The predicted molar refractivity (Wildman–Crippen MR) is 105 cm³/mol. The van der Waals surface area contributed by atoms with E-state index in [1.54, 1.807) is 21.0 Å². The topological polar surface area (TPSA) is 67.9 Å². The van der Waals surface area contributed by atoms with E-state index in [9.17, 15) is 9.59 Å². The van der Waals surface area contributed by atoms with Gasteiger partial charge in [-0.25, -0.2) is 0 Å². The first-order chi connectivity index (χ1) is 12.9. The van der Waals surface area contributed by atoms with E-state index in [0.29, 0.717) is 18.9 Å². The largest absolute Gasteiger partial charge is 0.497 e. The molecule has 2 rings (SSSR count). The molecule has 1 aromatic rings. The molecule has 0 aromatic heterocycles. The average molecular weight is 376 g/mol. The summed E-state index contributed by atoms with van der Waals surface area (Å²) in [7, 11) is 1.61. The molecule has 0 spiro atoms. The lowest BCUT2D eigenvalue weighted by molar-refractivity contribution is -0.151. The maximum absolute atomic E-state index is 13.0. The summed E-state index contributed by atoms with van der Waals surface area (Å²) in [6.07, 6.45) is 4.11. The van der Waals surface area contributed by atoms with Crippen LogP contribution in [0.4, 0.5) is 0 Å². The van der Waals surface area contributed by atoms with Crippen molar-refractivity contribution in [3.05, 3.63) is 24.3 Å². The third kappa shape index (κ3) is 5.37. The monoisotopic (exact) mass is 376 g/mol. The number of rotatable bonds is 8. The molecule has 1 aliphatic rings. The molecule has 0 bridgehead atoms. The minimum atomic E-state index is -1.08. The third-order valence-electron chi connectivity index (χ3n) is 5.18. The van der Waals surface area contributed by atoms with Crippen molar-refractivity contribution < 1.29 is 19.1 Å². The van der Waals surface area contributed by atoms with Gasteiger partial charge in [0.1, 0.15) is 23.5 Å². The maximum Gasteiger partial charge on any atom is 0.237 e. The van der Waals surface area contributed by atoms with Gasteiger partial charge in [0.05, 0.1) is 13.7 Å². The SMILES string of the molecule is CCC1CCCCN1C(=O)C(C)(C)C(=O)NCCOc1ccc(OC)cc1. The molecule has 1 N–H and O–H groups in total. The second kappa shape index (κ2) is 9.62. The van der Waals surface area contributed by atoms with Gasteiger partial charge in [-0.3, -0.25) is 9.59 Å². The van der Waals surface area contributed by atoms with Gasteiger partial charge in [-0.1, -0.05) is 6.92 Å². The first kappa shape index (κ1) is 21.1. The minimum Gasteiger partial charge on any atom is -0.497 e. The van der Waals surface area contributed by atoms with Crippen LogP contribution in [-0.2, 0) is 9.59 Å². The normalized spacial score (nSPS) is 17.3. The molecule has 27 heavy (non-hydrogen) atoms. The summed E-state index contributed by atoms with van der Waals surface area (Å²) in [5.74, 6) is 1.13. The number of benzene rings is 1. The Bertz CT molecular complexity index is 628. The van der Waals surface area contributed by atoms with E-state index in [2.05, 4.69) is 12.2 Å². The highest BCUT2D eigenvalue weighted by molar-refractivity contribution is 6.04. The molecule has 6 nitrogen and oxygen atoms in total. The number of carbonyl (C=O) groups is 2. The van der Waals surface area contributed by atoms with Gasteiger partial charge in [-0.2, -0.15) is 0 Å². The first-order valence-electron chi connectivity index (χ1n) is 9.76. The van der Waals surface area contributed by atoms with E-state index >= 15 is 0 Å². The third-order valence-corrected chi connectivity index (χ3v) is 5.18. The highest BCUT2D eigenvalue weighted by Crippen LogP contribution is 2.27. The number of methoxy groups -OCH3 is 1. The highest BCUT2D eigenvalue weighted by atomic mass is 16.5. The number of piperidine rings is 1. The second-order valence-corrected chi connectivity index (χ2v) is 7.46. The number of carbonyl (C=O) groups excluding carboxylic acids is 2. The van der Waals surface area contributed by atoms with Crippen LogP contribution in [0.15, 0.2) is 24.3 Å². The highest BCUT2D eigenvalue weighted by Gasteiger charge is 2.41. The van der Waals surface area contributed by atoms with E-state index in [1.807, 2.05) is 29.2 Å². The van der Waals surface area contributed by atoms with Crippen LogP contribution in [0.25, 0.3) is 0 Å². The van der Waals surface area contributed by atoms with Crippen LogP contribution in [0, 0.1) is 5.41 Å². The molecule has 0 radical (unpaired) electrons. The van der Waals surface area contributed by atoms with Gasteiger partial charge in [0.25, 0.3) is 0 Å². The Hall–Kier alpha value is -2.24. The van der Waals surface area contributed by atoms with Crippen molar-refractivity contribution in [3.63, 3.8) is 0 Å². The molecular weight excluding hydrogens is 344 g/mol. The fourth-order valence-electron chi connectivity index (χ4n) is 3.37. The summed E-state index contributed by atoms with van der Waals surface area (Å²) in [4.78, 5) is 27.5. The fourth-order valence-corrected chi connectivity index (χ4v) is 3.37. The van der Waals surface area contributed by atoms with Crippen molar-refractivity contribution in [1.29, 1.82) is 0 Å². The summed E-state index contributed by atoms with van der Waals surface area (Å²) >= 11 is 0. The number of hydrogen-bond donors (Lipinski definition) is 1. The maximum atomic E-state index is 13.0. The van der Waals surface area contributed by atoms with Crippen molar-refractivity contribution in [2.24, 2.45) is 5.41 Å². The van der Waals surface area contributed by atoms with Crippen LogP contribution in [0.2, 0.25) is 0 Å². The number of hydrogen-bond acceptors (Lipinski definition) is 4. The predicted octanol–water partition coefficient (Wildman–Crippen LogP) is 3.01. The van der Waals surface area contributed by atoms with Gasteiger partial charge in [0.15, 0.2) is 0 Å². The molecular formula is C21H32N2O4. The summed E-state index contributed by atoms with van der Waals surface area (Å²) in [6, 6.07) is 7.51. The Balaban J connectivity index is 1.82. The van der Waals surface area contributed by atoms with Crippen LogP contribution in [-0.4, -0.2) is 49.6 Å². The molecule has 1 unspecified atom stereocenters. The van der Waals surface area contributed by atoms with Crippen LogP contribution < -0.4 is 14.8 Å². The molecule has 0 saturated carbocycles. The van der Waals surface area contributed by atoms with Crippen molar-refractivity contribution in [1.82, 2.24) is 10.2 Å². The van der Waals surface area contributed by atoms with Crippen LogP contribution >= 0.6 is 0 Å². The van der Waals surface area contributed by atoms with Gasteiger partial charge in [0, 0.05) is 12.6 Å². The lowest BCUT2D eigenvalue weighted by Crippen LogP contribution is -2.54. The molecule has 0 aliphatic carbocycles. The zero-order valence-electron chi connectivity index (χ0n) is 16.9. The minimum absolute atomic E-state index is 0.0809. The Morgan fingerprint density at radius 2 is 1.85 bits per heavy atom. The van der Waals surface area contributed by atoms with Gasteiger partial charge >= 0.3 is 0 Å². The number of nitrogens with one attached hydrogen (secondary N) is 1. The van der Waals surface area contributed by atoms with Gasteiger partial charge < -0.3 is 19.7 Å². The molecule has 2 amide bonds. The fraction of sp³-hybridized carbons (Fsp3) is 0.619. The lowest BCUT2D eigenvalue weighted by atomic mass is 9.87. The summed E-state index contributed by atoms with van der Waals surface area (Å²) in [6.45, 7) is 6.93. The zero-order valence-corrected chi connectivity index (χ0v) is 16.9. The van der Waals surface area contributed by atoms with Crippen molar-refractivity contribution in [2.45, 2.75) is 52.5 Å². The summed E-state index contributed by atoms with van der Waals surface area (Å²) in [5.41, 5.74) is -1.08. The van der Waals surface area contributed by atoms with E-state index in [0.717, 1.165) is 38.0 Å². The smallest absolute Gasteiger partial charge is 0.237 e. The van der Waals surface area contributed by atoms with Gasteiger partial charge in [-0.05, 0) is 63.8 Å². The van der Waals surface area contributed by atoms with E-state index < -0.39 is 5.41 Å². The van der Waals surface area contributed by atoms with Crippen LogP contribution in [0.5, 0.6) is 11.5 Å². The number of nitrogens with zero attached hydrogens (tertiary/aromatic N) is 1. The lowest BCUT2D eigenvalue weighted by Gasteiger charge is -2.39. The van der Waals surface area contributed by atoms with Gasteiger partial charge in [0.2, 0.25) is 11.8 Å². The summed E-state index contributed by atoms with van der Waals surface area (Å²) in [5, 5.41) is 2.83. The molecule has 1 atom stereocenters. The zero-order chi connectivity index (χ0) is 19.9. The van der Waals surface area contributed by atoms with Gasteiger partial charge in [-0.15, -0.1) is 0 Å². The molecule has 1 aromatic carbocycles. The van der Waals surface area contributed by atoms with E-state index in [-0.39, 0.29) is 17.9 Å².